The SMILES string of the molecule is CCC(C)C(C(CC(=O)N1CCCC1C(OC)C(C)C(=O)NC(Cc1ccccc1)C(=O)O)OC)N(C)C(=O)C(NC(=O)C(C(C)C)N(C)C(=O)OCc1ccc(NC(=O)C(CCCNC(N)=O)NC=O)cc1)C(C)C. The summed E-state index contributed by atoms with van der Waals surface area (Å²) in [6, 6.07) is 9.50. The van der Waals surface area contributed by atoms with E-state index in [4.69, 9.17) is 19.9 Å². The van der Waals surface area contributed by atoms with Gasteiger partial charge in [-0.2, -0.15) is 0 Å². The first-order valence-corrected chi connectivity index (χ1v) is 26.0. The maximum atomic E-state index is 14.7. The number of urea groups is 1. The first-order valence-electron chi connectivity index (χ1n) is 26.0. The molecule has 0 bridgehead atoms. The van der Waals surface area contributed by atoms with Gasteiger partial charge in [-0.3, -0.25) is 33.7 Å². The maximum Gasteiger partial charge on any atom is 0.410 e. The Balaban J connectivity index is 1.70. The number of benzene rings is 2. The van der Waals surface area contributed by atoms with E-state index >= 15 is 0 Å². The number of primary amides is 1. The molecule has 0 aromatic heterocycles. The van der Waals surface area contributed by atoms with E-state index in [1.54, 1.807) is 95.1 Å². The molecule has 10 unspecified atom stereocenters. The molecule has 0 aliphatic carbocycles. The first kappa shape index (κ1) is 63.5. The fourth-order valence-electron chi connectivity index (χ4n) is 9.72. The zero-order valence-corrected chi connectivity index (χ0v) is 46.0. The molecule has 1 heterocycles. The summed E-state index contributed by atoms with van der Waals surface area (Å²) >= 11 is 0. The summed E-state index contributed by atoms with van der Waals surface area (Å²) in [7, 11) is 6.01. The van der Waals surface area contributed by atoms with E-state index in [0.717, 1.165) is 5.56 Å². The molecule has 0 saturated carbocycles. The van der Waals surface area contributed by atoms with Crippen LogP contribution >= 0.6 is 0 Å². The number of methoxy groups -OCH3 is 2. The molecule has 1 saturated heterocycles. The number of amides is 9. The van der Waals surface area contributed by atoms with Crippen molar-refractivity contribution in [2.75, 3.05) is 46.7 Å². The number of nitrogens with zero attached hydrogens (tertiary/aromatic N) is 3. The molecule has 3 rings (SSSR count). The van der Waals surface area contributed by atoms with Crippen molar-refractivity contribution in [3.8, 4) is 0 Å². The fourth-order valence-corrected chi connectivity index (χ4v) is 9.72. The fraction of sp³-hybridized carbons (Fsp3) is 0.611. The van der Waals surface area contributed by atoms with Gasteiger partial charge in [-0.05, 0) is 66.7 Å². The van der Waals surface area contributed by atoms with Crippen LogP contribution in [0.2, 0.25) is 0 Å². The van der Waals surface area contributed by atoms with E-state index < -0.39 is 108 Å². The summed E-state index contributed by atoms with van der Waals surface area (Å²) < 4.78 is 17.5. The van der Waals surface area contributed by atoms with Crippen molar-refractivity contribution >= 4 is 59.7 Å². The van der Waals surface area contributed by atoms with Crippen LogP contribution in [0, 0.1) is 23.7 Å². The lowest BCUT2D eigenvalue weighted by Gasteiger charge is -2.41. The second kappa shape index (κ2) is 31.3. The number of carboxylic acid groups (broad SMARTS) is 1. The highest BCUT2D eigenvalue weighted by atomic mass is 16.6. The third kappa shape index (κ3) is 18.5. The minimum Gasteiger partial charge on any atom is -0.480 e. The Hall–Kier alpha value is -6.81. The normalized spacial score (nSPS) is 16.9. The van der Waals surface area contributed by atoms with Crippen molar-refractivity contribution in [2.24, 2.45) is 29.4 Å². The molecule has 22 heteroatoms. The lowest BCUT2D eigenvalue weighted by atomic mass is 9.89. The van der Waals surface area contributed by atoms with Crippen LogP contribution in [0.25, 0.3) is 0 Å². The van der Waals surface area contributed by atoms with Crippen molar-refractivity contribution in [3.05, 3.63) is 65.7 Å². The minimum absolute atomic E-state index is 0.0882. The lowest BCUT2D eigenvalue weighted by molar-refractivity contribution is -0.148. The number of nitrogens with two attached hydrogens (primary N) is 1. The molecule has 1 aliphatic rings. The number of hydrogen-bond donors (Lipinski definition) is 7. The molecule has 9 amide bonds. The second-order valence-corrected chi connectivity index (χ2v) is 20.2. The highest BCUT2D eigenvalue weighted by Crippen LogP contribution is 2.30. The summed E-state index contributed by atoms with van der Waals surface area (Å²) in [5.41, 5.74) is 6.82. The summed E-state index contributed by atoms with van der Waals surface area (Å²) in [5, 5.41) is 23.2. The largest absolute Gasteiger partial charge is 0.480 e. The molecular weight excluding hydrogens is 983 g/mol. The number of aliphatic carboxylic acids is 1. The van der Waals surface area contributed by atoms with Gasteiger partial charge >= 0.3 is 18.1 Å². The number of nitrogens with one attached hydrogen (secondary N) is 5. The van der Waals surface area contributed by atoms with Crippen LogP contribution in [0.4, 0.5) is 15.3 Å². The molecule has 0 radical (unpaired) electrons. The van der Waals surface area contributed by atoms with Gasteiger partial charge in [-0.1, -0.05) is 97.4 Å². The number of anilines is 1. The van der Waals surface area contributed by atoms with Crippen LogP contribution in [0.3, 0.4) is 0 Å². The average molecular weight is 1070 g/mol. The van der Waals surface area contributed by atoms with E-state index in [9.17, 15) is 48.3 Å². The van der Waals surface area contributed by atoms with Gasteiger partial charge in [0.25, 0.3) is 0 Å². The first-order chi connectivity index (χ1) is 36.0. The zero-order chi connectivity index (χ0) is 56.8. The molecular formula is C54H83N9O13. The molecule has 422 valence electrons. The standard InChI is InChI=1S/C54H83N9O13/c1-12-34(6)46(42(74-10)29-43(65)63-27-17-21-41(63)47(75-11)35(7)48(66)59-40(52(70)71)28-36-18-14-13-15-19-36)61(8)51(69)44(32(2)3)60-50(68)45(33(4)5)62(9)54(73)76-30-37-22-24-38(25-23-37)58-49(67)39(57-31-64)20-16-26-56-53(55)72/h13-15,18-19,22-25,31-35,39-42,44-47H,12,16-17,20-21,26-30H2,1-11H3,(H,57,64)(H,58,67)(H,59,66)(H,60,68)(H,70,71)(H3,55,56,72). The molecule has 2 aromatic rings. The van der Waals surface area contributed by atoms with Gasteiger partial charge in [0.2, 0.25) is 35.9 Å². The predicted octanol–water partition coefficient (Wildman–Crippen LogP) is 3.65. The third-order valence-electron chi connectivity index (χ3n) is 14.1. The van der Waals surface area contributed by atoms with Gasteiger partial charge in [0.05, 0.1) is 36.6 Å². The molecule has 2 aromatic carbocycles. The van der Waals surface area contributed by atoms with Crippen molar-refractivity contribution in [3.63, 3.8) is 0 Å². The Labute approximate surface area is 447 Å². The van der Waals surface area contributed by atoms with Crippen molar-refractivity contribution in [1.29, 1.82) is 0 Å². The monoisotopic (exact) mass is 1070 g/mol. The Morgan fingerprint density at radius 1 is 0.829 bits per heavy atom. The van der Waals surface area contributed by atoms with Crippen LogP contribution < -0.4 is 32.3 Å². The second-order valence-electron chi connectivity index (χ2n) is 20.2. The quantitative estimate of drug-likeness (QED) is 0.0420. The summed E-state index contributed by atoms with van der Waals surface area (Å²) in [5.74, 6) is -5.25. The van der Waals surface area contributed by atoms with Crippen LogP contribution in [0.15, 0.2) is 54.6 Å². The number of likely N-dealkylation sites (tertiary alicyclic amines) is 1. The third-order valence-corrected chi connectivity index (χ3v) is 14.1. The van der Waals surface area contributed by atoms with Gasteiger partial charge < -0.3 is 61.4 Å². The van der Waals surface area contributed by atoms with Crippen LogP contribution in [-0.2, 0) is 60.8 Å². The number of carbonyl (C=O) groups excluding carboxylic acids is 8. The molecule has 10 atom stereocenters. The Morgan fingerprint density at radius 2 is 1.49 bits per heavy atom. The van der Waals surface area contributed by atoms with Crippen molar-refractivity contribution < 1.29 is 62.5 Å². The maximum absolute atomic E-state index is 14.7. The highest BCUT2D eigenvalue weighted by molar-refractivity contribution is 5.96. The van der Waals surface area contributed by atoms with Crippen molar-refractivity contribution in [1.82, 2.24) is 36.0 Å². The van der Waals surface area contributed by atoms with E-state index in [0.29, 0.717) is 49.9 Å². The highest BCUT2D eigenvalue weighted by Gasteiger charge is 2.44. The van der Waals surface area contributed by atoms with Gasteiger partial charge in [-0.15, -0.1) is 0 Å². The molecule has 1 fully saturated rings. The topological polar surface area (TPSA) is 297 Å². The molecule has 22 nitrogen and oxygen atoms in total. The van der Waals surface area contributed by atoms with E-state index in [2.05, 4.69) is 26.6 Å². The van der Waals surface area contributed by atoms with Crippen LogP contribution in [-0.4, -0.2) is 164 Å². The van der Waals surface area contributed by atoms with Crippen LogP contribution in [0.5, 0.6) is 0 Å². The number of carbonyl (C=O) groups is 9. The number of carboxylic acids is 1. The molecule has 76 heavy (non-hydrogen) atoms. The van der Waals surface area contributed by atoms with Gasteiger partial charge in [0.15, 0.2) is 0 Å². The molecule has 1 aliphatic heterocycles. The number of likely N-dealkylation sites (N-methyl/N-ethyl adjacent to an activating group) is 2. The summed E-state index contributed by atoms with van der Waals surface area (Å²) in [4.78, 5) is 122. The van der Waals surface area contributed by atoms with E-state index in [1.807, 2.05) is 19.9 Å². The lowest BCUT2D eigenvalue weighted by Crippen LogP contribution is -2.60. The van der Waals surface area contributed by atoms with Crippen LogP contribution in [0.1, 0.15) is 98.1 Å². The number of hydrogen-bond acceptors (Lipinski definition) is 12. The molecule has 8 N–H and O–H groups in total. The zero-order valence-electron chi connectivity index (χ0n) is 46.0. The van der Waals surface area contributed by atoms with Gasteiger partial charge in [0.1, 0.15) is 30.8 Å². The summed E-state index contributed by atoms with van der Waals surface area (Å²) in [6.45, 7) is 13.2. The average Bonchev–Trinajstić information content (AvgIpc) is 3.87. The van der Waals surface area contributed by atoms with E-state index in [-0.39, 0.29) is 44.2 Å². The Morgan fingerprint density at radius 3 is 2.04 bits per heavy atom. The smallest absolute Gasteiger partial charge is 0.410 e. The number of ether oxygens (including phenoxy) is 3. The Kier molecular flexibility index (Phi) is 26.1. The van der Waals surface area contributed by atoms with E-state index in [1.165, 1.54) is 31.1 Å². The van der Waals surface area contributed by atoms with Gasteiger partial charge in [0, 0.05) is 53.5 Å². The molecule has 0 spiro atoms. The van der Waals surface area contributed by atoms with Crippen molar-refractivity contribution in [2.45, 2.75) is 148 Å². The minimum atomic E-state index is -1.18. The predicted molar refractivity (Wildman–Crippen MR) is 284 cm³/mol. The number of rotatable bonds is 31. The Bertz CT molecular complexity index is 2230. The summed E-state index contributed by atoms with van der Waals surface area (Å²) in [6.07, 6.45) is 0.477. The van der Waals surface area contributed by atoms with Gasteiger partial charge in [-0.25, -0.2) is 14.4 Å².